The smallest absolute Gasteiger partial charge is 0.126 e. The SMILES string of the molecule is C=C(C)OCc1c(-c2cc(OC)ccc2OC)ccc(C)c1/C(C)=C\C(C)(C)C. The summed E-state index contributed by atoms with van der Waals surface area (Å²) in [4.78, 5) is 0. The highest BCUT2D eigenvalue weighted by molar-refractivity contribution is 5.82. The summed E-state index contributed by atoms with van der Waals surface area (Å²) in [5.74, 6) is 2.28. The highest BCUT2D eigenvalue weighted by atomic mass is 16.5. The van der Waals surface area contributed by atoms with Crippen LogP contribution in [-0.2, 0) is 11.3 Å². The molecular weight excluding hydrogens is 360 g/mol. The maximum absolute atomic E-state index is 5.90. The zero-order chi connectivity index (χ0) is 21.8. The fourth-order valence-corrected chi connectivity index (χ4v) is 3.66. The highest BCUT2D eigenvalue weighted by Crippen LogP contribution is 2.40. The number of hydrogen-bond acceptors (Lipinski definition) is 3. The zero-order valence-electron chi connectivity index (χ0n) is 19.1. The van der Waals surface area contributed by atoms with E-state index < -0.39 is 0 Å². The Bertz CT molecular complexity index is 914. The van der Waals surface area contributed by atoms with Crippen LogP contribution in [0.5, 0.6) is 11.5 Å². The third-order valence-corrected chi connectivity index (χ3v) is 4.72. The Kier molecular flexibility index (Phi) is 7.18. The Balaban J connectivity index is 2.81. The van der Waals surface area contributed by atoms with E-state index in [0.29, 0.717) is 12.4 Å². The van der Waals surface area contributed by atoms with E-state index in [2.05, 4.69) is 59.4 Å². The van der Waals surface area contributed by atoms with Gasteiger partial charge in [0, 0.05) is 11.1 Å². The topological polar surface area (TPSA) is 27.7 Å². The van der Waals surface area contributed by atoms with Gasteiger partial charge in [-0.05, 0) is 66.6 Å². The highest BCUT2D eigenvalue weighted by Gasteiger charge is 2.19. The summed E-state index contributed by atoms with van der Waals surface area (Å²) in [6.07, 6.45) is 2.31. The molecule has 0 aromatic heterocycles. The predicted molar refractivity (Wildman–Crippen MR) is 122 cm³/mol. The minimum absolute atomic E-state index is 0.0761. The first kappa shape index (κ1) is 22.6. The molecule has 0 bridgehead atoms. The molecule has 3 nitrogen and oxygen atoms in total. The summed E-state index contributed by atoms with van der Waals surface area (Å²) in [6.45, 7) is 17.2. The molecule has 2 rings (SSSR count). The van der Waals surface area contributed by atoms with Crippen LogP contribution >= 0.6 is 0 Å². The van der Waals surface area contributed by atoms with Gasteiger partial charge in [-0.3, -0.25) is 0 Å². The Morgan fingerprint density at radius 3 is 2.24 bits per heavy atom. The average molecular weight is 395 g/mol. The van der Waals surface area contributed by atoms with Crippen LogP contribution in [0.15, 0.2) is 48.7 Å². The Hall–Kier alpha value is -2.68. The predicted octanol–water partition coefficient (Wildman–Crippen LogP) is 7.18. The zero-order valence-corrected chi connectivity index (χ0v) is 19.1. The van der Waals surface area contributed by atoms with Gasteiger partial charge in [0.2, 0.25) is 0 Å². The van der Waals surface area contributed by atoms with Crippen LogP contribution in [0.1, 0.15) is 51.3 Å². The fourth-order valence-electron chi connectivity index (χ4n) is 3.66. The third-order valence-electron chi connectivity index (χ3n) is 4.72. The van der Waals surface area contributed by atoms with E-state index >= 15 is 0 Å². The molecule has 29 heavy (non-hydrogen) atoms. The van der Waals surface area contributed by atoms with Crippen LogP contribution in [0.3, 0.4) is 0 Å². The van der Waals surface area contributed by atoms with Crippen molar-refractivity contribution in [2.75, 3.05) is 14.2 Å². The van der Waals surface area contributed by atoms with Crippen molar-refractivity contribution in [2.45, 2.75) is 48.1 Å². The molecule has 0 heterocycles. The van der Waals surface area contributed by atoms with Gasteiger partial charge in [-0.15, -0.1) is 0 Å². The first-order chi connectivity index (χ1) is 13.6. The Morgan fingerprint density at radius 2 is 1.69 bits per heavy atom. The number of aryl methyl sites for hydroxylation is 1. The molecule has 0 aliphatic carbocycles. The number of benzene rings is 2. The van der Waals surface area contributed by atoms with Crippen molar-refractivity contribution >= 4 is 5.57 Å². The van der Waals surface area contributed by atoms with Gasteiger partial charge in [-0.25, -0.2) is 0 Å². The molecular formula is C26H34O3. The molecule has 0 fully saturated rings. The lowest BCUT2D eigenvalue weighted by Crippen LogP contribution is -2.05. The van der Waals surface area contributed by atoms with Crippen LogP contribution in [0, 0.1) is 12.3 Å². The summed E-state index contributed by atoms with van der Waals surface area (Å²) >= 11 is 0. The van der Waals surface area contributed by atoms with Crippen LogP contribution in [-0.4, -0.2) is 14.2 Å². The van der Waals surface area contributed by atoms with E-state index in [4.69, 9.17) is 14.2 Å². The molecule has 0 atom stereocenters. The lowest BCUT2D eigenvalue weighted by molar-refractivity contribution is 0.202. The van der Waals surface area contributed by atoms with Gasteiger partial charge < -0.3 is 14.2 Å². The molecule has 0 aliphatic rings. The van der Waals surface area contributed by atoms with Crippen molar-refractivity contribution in [1.29, 1.82) is 0 Å². The molecule has 0 amide bonds. The van der Waals surface area contributed by atoms with Crippen molar-refractivity contribution < 1.29 is 14.2 Å². The Morgan fingerprint density at radius 1 is 1.00 bits per heavy atom. The van der Waals surface area contributed by atoms with Gasteiger partial charge in [0.05, 0.1) is 20.0 Å². The lowest BCUT2D eigenvalue weighted by Gasteiger charge is -2.22. The number of ether oxygens (including phenoxy) is 3. The quantitative estimate of drug-likeness (QED) is 0.466. The number of rotatable bonds is 7. The van der Waals surface area contributed by atoms with E-state index in [1.165, 1.54) is 16.7 Å². The molecule has 2 aromatic carbocycles. The fraction of sp³-hybridized carbons (Fsp3) is 0.385. The van der Waals surface area contributed by atoms with Crippen LogP contribution < -0.4 is 9.47 Å². The average Bonchev–Trinajstić information content (AvgIpc) is 2.64. The normalized spacial score (nSPS) is 11.9. The van der Waals surface area contributed by atoms with Crippen LogP contribution in [0.25, 0.3) is 16.7 Å². The van der Waals surface area contributed by atoms with E-state index in [1.54, 1.807) is 14.2 Å². The van der Waals surface area contributed by atoms with Gasteiger partial charge in [0.15, 0.2) is 0 Å². The van der Waals surface area contributed by atoms with E-state index in [9.17, 15) is 0 Å². The molecule has 0 unspecified atom stereocenters. The number of allylic oxidation sites excluding steroid dienone is 3. The molecule has 0 saturated carbocycles. The monoisotopic (exact) mass is 394 g/mol. The molecule has 156 valence electrons. The summed E-state index contributed by atoms with van der Waals surface area (Å²) in [6, 6.07) is 10.2. The number of methoxy groups -OCH3 is 2. The van der Waals surface area contributed by atoms with Crippen LogP contribution in [0.2, 0.25) is 0 Å². The number of hydrogen-bond donors (Lipinski definition) is 0. The Labute approximate surface area is 176 Å². The first-order valence-corrected chi connectivity index (χ1v) is 9.90. The molecule has 0 spiro atoms. The molecule has 2 aromatic rings. The summed E-state index contributed by atoms with van der Waals surface area (Å²) in [7, 11) is 3.36. The second kappa shape index (κ2) is 9.21. The van der Waals surface area contributed by atoms with Gasteiger partial charge >= 0.3 is 0 Å². The van der Waals surface area contributed by atoms with E-state index in [1.807, 2.05) is 25.1 Å². The minimum atomic E-state index is 0.0761. The van der Waals surface area contributed by atoms with Crippen molar-refractivity contribution in [1.82, 2.24) is 0 Å². The molecule has 0 N–H and O–H groups in total. The maximum atomic E-state index is 5.90. The second-order valence-electron chi connectivity index (χ2n) is 8.53. The minimum Gasteiger partial charge on any atom is -0.497 e. The second-order valence-corrected chi connectivity index (χ2v) is 8.53. The van der Waals surface area contributed by atoms with Crippen molar-refractivity contribution in [2.24, 2.45) is 5.41 Å². The molecule has 0 saturated heterocycles. The van der Waals surface area contributed by atoms with Gasteiger partial charge in [0.25, 0.3) is 0 Å². The summed E-state index contributed by atoms with van der Waals surface area (Å²) in [5.41, 5.74) is 6.92. The first-order valence-electron chi connectivity index (χ1n) is 9.90. The molecule has 0 radical (unpaired) electrons. The largest absolute Gasteiger partial charge is 0.497 e. The van der Waals surface area contributed by atoms with E-state index in [0.717, 1.165) is 28.2 Å². The van der Waals surface area contributed by atoms with E-state index in [-0.39, 0.29) is 5.41 Å². The summed E-state index contributed by atoms with van der Waals surface area (Å²) < 4.78 is 17.0. The maximum Gasteiger partial charge on any atom is 0.126 e. The van der Waals surface area contributed by atoms with Crippen molar-refractivity contribution in [3.05, 3.63) is 65.4 Å². The molecule has 3 heteroatoms. The van der Waals surface area contributed by atoms with Crippen molar-refractivity contribution in [3.63, 3.8) is 0 Å². The van der Waals surface area contributed by atoms with Gasteiger partial charge in [0.1, 0.15) is 18.1 Å². The van der Waals surface area contributed by atoms with Crippen LogP contribution in [0.4, 0.5) is 0 Å². The third kappa shape index (κ3) is 5.66. The molecule has 0 aliphatic heterocycles. The standard InChI is InChI=1S/C26H34O3/c1-17(2)29-16-23-21(22-14-20(27-8)11-13-24(22)28-9)12-10-18(3)25(23)19(4)15-26(5,6)7/h10-15H,1,16H2,2-9H3/b19-15-. The lowest BCUT2D eigenvalue weighted by atomic mass is 9.85. The van der Waals surface area contributed by atoms with Crippen molar-refractivity contribution in [3.8, 4) is 22.6 Å². The van der Waals surface area contributed by atoms with Gasteiger partial charge in [-0.2, -0.15) is 0 Å². The van der Waals surface area contributed by atoms with Gasteiger partial charge in [-0.1, -0.05) is 45.6 Å². The summed E-state index contributed by atoms with van der Waals surface area (Å²) in [5, 5.41) is 0.